The molecule has 0 spiro atoms. The highest BCUT2D eigenvalue weighted by Crippen LogP contribution is 2.59. The smallest absolute Gasteiger partial charge is 0.268 e. The molecule has 1 aliphatic heterocycles. The molecule has 0 aromatic carbocycles. The predicted molar refractivity (Wildman–Crippen MR) is 121 cm³/mol. The number of imidazole rings is 1. The Bertz CT molecular complexity index is 1000. The van der Waals surface area contributed by atoms with Gasteiger partial charge in [-0.1, -0.05) is 6.07 Å². The fraction of sp³-hybridized carbons (Fsp3) is 0.640. The Hall–Kier alpha value is -2.41. The summed E-state index contributed by atoms with van der Waals surface area (Å²) in [7, 11) is 0. The van der Waals surface area contributed by atoms with Gasteiger partial charge in [0, 0.05) is 25.3 Å². The number of aromatic nitrogens is 2. The Balaban J connectivity index is 1.14. The van der Waals surface area contributed by atoms with Crippen LogP contribution in [0.4, 0.5) is 0 Å². The van der Waals surface area contributed by atoms with E-state index in [0.29, 0.717) is 22.5 Å². The van der Waals surface area contributed by atoms with E-state index in [4.69, 9.17) is 0 Å². The molecule has 5 aliphatic rings. The van der Waals surface area contributed by atoms with Crippen molar-refractivity contribution in [2.45, 2.75) is 57.4 Å². The zero-order valence-corrected chi connectivity index (χ0v) is 18.6. The van der Waals surface area contributed by atoms with Gasteiger partial charge in [-0.25, -0.2) is 4.98 Å². The van der Waals surface area contributed by atoms with E-state index < -0.39 is 0 Å². The molecule has 3 N–H and O–H groups in total. The molecule has 7 nitrogen and oxygen atoms in total. The van der Waals surface area contributed by atoms with Crippen LogP contribution in [0.5, 0.6) is 0 Å². The fourth-order valence-electron chi connectivity index (χ4n) is 7.42. The number of nitrogens with one attached hydrogen (secondary N) is 3. The van der Waals surface area contributed by atoms with Gasteiger partial charge < -0.3 is 16.0 Å². The summed E-state index contributed by atoms with van der Waals surface area (Å²) in [6.45, 7) is 2.55. The van der Waals surface area contributed by atoms with Gasteiger partial charge in [-0.2, -0.15) is 0 Å². The molecule has 2 aromatic rings. The highest BCUT2D eigenvalue weighted by molar-refractivity contribution is 5.93. The van der Waals surface area contributed by atoms with Crippen molar-refractivity contribution < 1.29 is 9.59 Å². The van der Waals surface area contributed by atoms with Crippen LogP contribution in [-0.4, -0.2) is 46.9 Å². The molecule has 3 heterocycles. The average Bonchev–Trinajstić information content (AvgIpc) is 3.40. The maximum absolute atomic E-state index is 13.2. The molecule has 0 radical (unpaired) electrons. The molecule has 2 aromatic heterocycles. The van der Waals surface area contributed by atoms with Crippen LogP contribution in [0.1, 0.15) is 61.1 Å². The number of hydrogen-bond acceptors (Lipinski definition) is 4. The predicted octanol–water partition coefficient (Wildman–Crippen LogP) is 2.30. The first kappa shape index (κ1) is 20.2. The molecule has 1 saturated heterocycles. The van der Waals surface area contributed by atoms with Crippen molar-refractivity contribution in [3.05, 3.63) is 35.8 Å². The molecule has 4 saturated carbocycles. The largest absolute Gasteiger partial charge is 0.352 e. The summed E-state index contributed by atoms with van der Waals surface area (Å²) in [4.78, 5) is 30.2. The Labute approximate surface area is 188 Å². The van der Waals surface area contributed by atoms with E-state index in [9.17, 15) is 9.59 Å². The molecule has 5 fully saturated rings. The van der Waals surface area contributed by atoms with Gasteiger partial charge in [0.25, 0.3) is 5.91 Å². The molecule has 32 heavy (non-hydrogen) atoms. The maximum Gasteiger partial charge on any atom is 0.268 e. The first-order valence-corrected chi connectivity index (χ1v) is 12.3. The van der Waals surface area contributed by atoms with Crippen molar-refractivity contribution >= 4 is 17.5 Å². The van der Waals surface area contributed by atoms with Crippen LogP contribution >= 0.6 is 0 Å². The number of rotatable bonds is 6. The molecule has 1 atom stereocenters. The van der Waals surface area contributed by atoms with Gasteiger partial charge >= 0.3 is 0 Å². The Kier molecular flexibility index (Phi) is 4.97. The van der Waals surface area contributed by atoms with Crippen molar-refractivity contribution in [3.8, 4) is 0 Å². The van der Waals surface area contributed by atoms with E-state index in [1.807, 2.05) is 28.8 Å². The zero-order chi connectivity index (χ0) is 21.7. The molecular weight excluding hydrogens is 402 g/mol. The molecular formula is C25H33N5O2. The maximum atomic E-state index is 13.2. The molecule has 2 amide bonds. The number of nitrogens with zero attached hydrogens (tertiary/aromatic N) is 2. The second-order valence-electron chi connectivity index (χ2n) is 10.9. The quantitative estimate of drug-likeness (QED) is 0.650. The summed E-state index contributed by atoms with van der Waals surface area (Å²) in [5.41, 5.74) is 2.30. The third kappa shape index (κ3) is 3.81. The SMILES string of the molecule is O=C(Cc1cn2c(C(=O)NCC34CC5CC(CC(C5)C3)C4)cccc2n1)N[C@H]1CCNC1. The van der Waals surface area contributed by atoms with E-state index in [0.717, 1.165) is 43.8 Å². The Morgan fingerprint density at radius 2 is 1.88 bits per heavy atom. The lowest BCUT2D eigenvalue weighted by Crippen LogP contribution is -2.51. The summed E-state index contributed by atoms with van der Waals surface area (Å²) in [6, 6.07) is 5.80. The lowest BCUT2D eigenvalue weighted by Gasteiger charge is -2.56. The monoisotopic (exact) mass is 435 g/mol. The van der Waals surface area contributed by atoms with E-state index in [2.05, 4.69) is 20.9 Å². The van der Waals surface area contributed by atoms with Gasteiger partial charge in [0.2, 0.25) is 5.91 Å². The molecule has 4 aliphatic carbocycles. The van der Waals surface area contributed by atoms with Gasteiger partial charge in [0.1, 0.15) is 11.3 Å². The lowest BCUT2D eigenvalue weighted by molar-refractivity contribution is -0.121. The summed E-state index contributed by atoms with van der Waals surface area (Å²) in [5.74, 6) is 2.57. The third-order valence-electron chi connectivity index (χ3n) is 8.33. The number of pyridine rings is 1. The second-order valence-corrected chi connectivity index (χ2v) is 10.9. The number of carbonyl (C=O) groups excluding carboxylic acids is 2. The van der Waals surface area contributed by atoms with E-state index >= 15 is 0 Å². The molecule has 7 rings (SSSR count). The van der Waals surface area contributed by atoms with E-state index in [1.54, 1.807) is 0 Å². The number of amides is 2. The van der Waals surface area contributed by atoms with Gasteiger partial charge in [0.15, 0.2) is 0 Å². The van der Waals surface area contributed by atoms with Gasteiger partial charge in [-0.15, -0.1) is 0 Å². The van der Waals surface area contributed by atoms with E-state index in [1.165, 1.54) is 38.5 Å². The van der Waals surface area contributed by atoms with Crippen LogP contribution in [-0.2, 0) is 11.2 Å². The first-order valence-electron chi connectivity index (χ1n) is 12.3. The minimum Gasteiger partial charge on any atom is -0.352 e. The normalized spacial score (nSPS) is 33.0. The van der Waals surface area contributed by atoms with Crippen LogP contribution in [0.15, 0.2) is 24.4 Å². The average molecular weight is 436 g/mol. The van der Waals surface area contributed by atoms with Crippen LogP contribution in [0.2, 0.25) is 0 Å². The Morgan fingerprint density at radius 1 is 1.12 bits per heavy atom. The molecule has 170 valence electrons. The lowest BCUT2D eigenvalue weighted by atomic mass is 9.49. The van der Waals surface area contributed by atoms with Gasteiger partial charge in [0.05, 0.1) is 12.1 Å². The third-order valence-corrected chi connectivity index (χ3v) is 8.33. The summed E-state index contributed by atoms with van der Waals surface area (Å²) < 4.78 is 1.83. The summed E-state index contributed by atoms with van der Waals surface area (Å²) in [5, 5.41) is 9.59. The number of fused-ring (bicyclic) bond motifs is 1. The summed E-state index contributed by atoms with van der Waals surface area (Å²) >= 11 is 0. The van der Waals surface area contributed by atoms with Crippen molar-refractivity contribution in [1.29, 1.82) is 0 Å². The van der Waals surface area contributed by atoms with Crippen molar-refractivity contribution in [2.24, 2.45) is 23.2 Å². The van der Waals surface area contributed by atoms with Crippen molar-refractivity contribution in [2.75, 3.05) is 19.6 Å². The highest BCUT2D eigenvalue weighted by atomic mass is 16.2. The van der Waals surface area contributed by atoms with Crippen LogP contribution in [0, 0.1) is 23.2 Å². The topological polar surface area (TPSA) is 87.5 Å². The molecule has 4 bridgehead atoms. The zero-order valence-electron chi connectivity index (χ0n) is 18.6. The molecule has 0 unspecified atom stereocenters. The van der Waals surface area contributed by atoms with Gasteiger partial charge in [-0.05, 0) is 86.8 Å². The first-order chi connectivity index (χ1) is 15.6. The highest BCUT2D eigenvalue weighted by Gasteiger charge is 2.50. The minimum absolute atomic E-state index is 0.0186. The van der Waals surface area contributed by atoms with Crippen molar-refractivity contribution in [1.82, 2.24) is 25.3 Å². The van der Waals surface area contributed by atoms with E-state index in [-0.39, 0.29) is 24.3 Å². The fourth-order valence-corrected chi connectivity index (χ4v) is 7.42. The van der Waals surface area contributed by atoms with Gasteiger partial charge in [-0.3, -0.25) is 14.0 Å². The standard InChI is InChI=1S/C25H33N5O2/c31-23(29-19-4-5-26-13-19)9-20-14-30-21(2-1-3-22(30)28-20)24(32)27-15-25-10-16-6-17(11-25)8-18(7-16)12-25/h1-3,14,16-19,26H,4-13,15H2,(H,27,32)(H,29,31)/t16?,17?,18?,19-,25?/m0/s1. The van der Waals surface area contributed by atoms with Crippen molar-refractivity contribution in [3.63, 3.8) is 0 Å². The second kappa shape index (κ2) is 7.87. The van der Waals surface area contributed by atoms with Crippen LogP contribution < -0.4 is 16.0 Å². The number of carbonyl (C=O) groups is 2. The Morgan fingerprint density at radius 3 is 2.56 bits per heavy atom. The van der Waals surface area contributed by atoms with Crippen LogP contribution in [0.25, 0.3) is 5.65 Å². The summed E-state index contributed by atoms with van der Waals surface area (Å²) in [6.07, 6.45) is 11.1. The van der Waals surface area contributed by atoms with Crippen LogP contribution in [0.3, 0.4) is 0 Å². The minimum atomic E-state index is -0.0447. The number of hydrogen-bond donors (Lipinski definition) is 3. The molecule has 7 heteroatoms.